The van der Waals surface area contributed by atoms with Gasteiger partial charge in [0.25, 0.3) is 0 Å². The molecule has 1 amide bonds. The number of hydrogen-bond donors (Lipinski definition) is 3. The molecule has 130 valence electrons. The van der Waals surface area contributed by atoms with Crippen LogP contribution >= 0.6 is 0 Å². The predicted molar refractivity (Wildman–Crippen MR) is 91.3 cm³/mol. The first-order chi connectivity index (χ1) is 12.1. The van der Waals surface area contributed by atoms with Crippen LogP contribution in [0.4, 0.5) is 4.79 Å². The molecule has 0 aromatic heterocycles. The molecule has 0 bridgehead atoms. The van der Waals surface area contributed by atoms with Crippen LogP contribution in [0, 0.1) is 5.92 Å². The molecule has 0 spiro atoms. The van der Waals surface area contributed by atoms with Gasteiger partial charge in [0, 0.05) is 12.5 Å². The smallest absolute Gasteiger partial charge is 0.407 e. The summed E-state index contributed by atoms with van der Waals surface area (Å²) in [5.74, 6) is -2.26. The summed E-state index contributed by atoms with van der Waals surface area (Å²) in [6, 6.07) is 16.0. The first-order valence-corrected chi connectivity index (χ1v) is 8.04. The summed E-state index contributed by atoms with van der Waals surface area (Å²) in [4.78, 5) is 22.7. The van der Waals surface area contributed by atoms with E-state index in [0.717, 1.165) is 22.3 Å². The number of fused-ring (bicyclic) bond motifs is 3. The Labute approximate surface area is 145 Å². The second kappa shape index (κ2) is 7.36. The van der Waals surface area contributed by atoms with Gasteiger partial charge in [-0.15, -0.1) is 0 Å². The van der Waals surface area contributed by atoms with Crippen LogP contribution in [0.5, 0.6) is 0 Å². The number of alkyl carbamates (subject to hydrolysis) is 1. The lowest BCUT2D eigenvalue weighted by molar-refractivity contribution is -0.142. The zero-order valence-corrected chi connectivity index (χ0v) is 13.5. The fourth-order valence-electron chi connectivity index (χ4n) is 3.09. The van der Waals surface area contributed by atoms with Crippen LogP contribution in [0.2, 0.25) is 0 Å². The molecule has 2 aromatic rings. The Kier molecular flexibility index (Phi) is 5.00. The minimum absolute atomic E-state index is 0.0498. The Bertz CT molecular complexity index is 743. The van der Waals surface area contributed by atoms with E-state index in [1.165, 1.54) is 0 Å². The molecule has 0 radical (unpaired) electrons. The van der Waals surface area contributed by atoms with E-state index in [1.807, 2.05) is 48.5 Å². The molecule has 1 aliphatic carbocycles. The second-order valence-corrected chi connectivity index (χ2v) is 5.92. The molecule has 25 heavy (non-hydrogen) atoms. The summed E-state index contributed by atoms with van der Waals surface area (Å²) in [7, 11) is 0. The van der Waals surface area contributed by atoms with Crippen LogP contribution in [0.25, 0.3) is 11.1 Å². The van der Waals surface area contributed by atoms with E-state index in [1.54, 1.807) is 0 Å². The molecular formula is C19H19NO5. The second-order valence-electron chi connectivity index (χ2n) is 5.92. The first-order valence-electron chi connectivity index (χ1n) is 8.04. The first kappa shape index (κ1) is 17.0. The van der Waals surface area contributed by atoms with Gasteiger partial charge in [-0.1, -0.05) is 48.5 Å². The predicted octanol–water partition coefficient (Wildman–Crippen LogP) is 2.22. The topological polar surface area (TPSA) is 95.9 Å². The van der Waals surface area contributed by atoms with Crippen molar-refractivity contribution < 1.29 is 24.5 Å². The normalized spacial score (nSPS) is 13.6. The number of ether oxygens (including phenoxy) is 1. The van der Waals surface area contributed by atoms with Crippen molar-refractivity contribution in [3.8, 4) is 11.1 Å². The number of benzene rings is 2. The van der Waals surface area contributed by atoms with Crippen LogP contribution in [-0.2, 0) is 9.53 Å². The molecule has 3 N–H and O–H groups in total. The number of aliphatic hydroxyl groups excluding tert-OH is 1. The molecular weight excluding hydrogens is 322 g/mol. The van der Waals surface area contributed by atoms with Gasteiger partial charge in [0.2, 0.25) is 0 Å². The number of carboxylic acid groups (broad SMARTS) is 1. The van der Waals surface area contributed by atoms with Crippen LogP contribution in [0.1, 0.15) is 17.0 Å². The number of aliphatic carboxylic acids is 1. The molecule has 0 saturated heterocycles. The average Bonchev–Trinajstić information content (AvgIpc) is 2.94. The molecule has 6 nitrogen and oxygen atoms in total. The van der Waals surface area contributed by atoms with Gasteiger partial charge in [-0.05, 0) is 22.3 Å². The molecule has 0 fully saturated rings. The van der Waals surface area contributed by atoms with Crippen LogP contribution in [-0.4, -0.2) is 42.0 Å². The number of rotatable bonds is 6. The van der Waals surface area contributed by atoms with E-state index in [2.05, 4.69) is 5.32 Å². The maximum Gasteiger partial charge on any atom is 0.407 e. The quantitative estimate of drug-likeness (QED) is 0.749. The van der Waals surface area contributed by atoms with E-state index in [0.29, 0.717) is 0 Å². The molecule has 0 aliphatic heterocycles. The number of carbonyl (C=O) groups is 2. The van der Waals surface area contributed by atoms with Crippen LogP contribution in [0.15, 0.2) is 48.5 Å². The SMILES string of the molecule is O=C(NCC(CO)C(=O)O)OCC1c2ccccc2-c2ccccc21. The van der Waals surface area contributed by atoms with Gasteiger partial charge in [0.15, 0.2) is 0 Å². The highest BCUT2D eigenvalue weighted by Gasteiger charge is 2.29. The van der Waals surface area contributed by atoms with Gasteiger partial charge in [-0.3, -0.25) is 4.79 Å². The van der Waals surface area contributed by atoms with Crippen LogP contribution < -0.4 is 5.32 Å². The van der Waals surface area contributed by atoms with Gasteiger partial charge in [-0.25, -0.2) is 4.79 Å². The number of amides is 1. The van der Waals surface area contributed by atoms with E-state index >= 15 is 0 Å². The summed E-state index contributed by atoms with van der Waals surface area (Å²) in [6.07, 6.45) is -0.693. The zero-order valence-electron chi connectivity index (χ0n) is 13.5. The lowest BCUT2D eigenvalue weighted by atomic mass is 9.98. The van der Waals surface area contributed by atoms with Crippen LogP contribution in [0.3, 0.4) is 0 Å². The molecule has 1 atom stereocenters. The Morgan fingerprint density at radius 2 is 1.60 bits per heavy atom. The minimum Gasteiger partial charge on any atom is -0.481 e. The molecule has 6 heteroatoms. The van der Waals surface area contributed by atoms with Crippen molar-refractivity contribution in [3.63, 3.8) is 0 Å². The Morgan fingerprint density at radius 1 is 1.04 bits per heavy atom. The summed E-state index contributed by atoms with van der Waals surface area (Å²) in [5.41, 5.74) is 4.49. The van der Waals surface area contributed by atoms with Crippen molar-refractivity contribution in [2.75, 3.05) is 19.8 Å². The Balaban J connectivity index is 1.65. The summed E-state index contributed by atoms with van der Waals surface area (Å²) in [5, 5.41) is 20.2. The van der Waals surface area contributed by atoms with Crippen molar-refractivity contribution >= 4 is 12.1 Å². The molecule has 0 heterocycles. The lowest BCUT2D eigenvalue weighted by Gasteiger charge is -2.15. The fourth-order valence-corrected chi connectivity index (χ4v) is 3.09. The van der Waals surface area contributed by atoms with Gasteiger partial charge in [0.1, 0.15) is 6.61 Å². The summed E-state index contributed by atoms with van der Waals surface area (Å²) >= 11 is 0. The minimum atomic E-state index is -1.17. The molecule has 0 saturated carbocycles. The third kappa shape index (κ3) is 3.49. The van der Waals surface area contributed by atoms with Crippen molar-refractivity contribution in [1.29, 1.82) is 0 Å². The highest BCUT2D eigenvalue weighted by molar-refractivity contribution is 5.79. The van der Waals surface area contributed by atoms with E-state index < -0.39 is 24.6 Å². The van der Waals surface area contributed by atoms with Crippen molar-refractivity contribution in [2.45, 2.75) is 5.92 Å². The highest BCUT2D eigenvalue weighted by atomic mass is 16.5. The van der Waals surface area contributed by atoms with Gasteiger partial charge < -0.3 is 20.3 Å². The molecule has 1 aliphatic rings. The Hall–Kier alpha value is -2.86. The van der Waals surface area contributed by atoms with Gasteiger partial charge in [-0.2, -0.15) is 0 Å². The fraction of sp³-hybridized carbons (Fsp3) is 0.263. The van der Waals surface area contributed by atoms with Gasteiger partial charge >= 0.3 is 12.1 Å². The van der Waals surface area contributed by atoms with Crippen molar-refractivity contribution in [2.24, 2.45) is 5.92 Å². The highest BCUT2D eigenvalue weighted by Crippen LogP contribution is 2.44. The number of carboxylic acids is 1. The van der Waals surface area contributed by atoms with Gasteiger partial charge in [0.05, 0.1) is 12.5 Å². The van der Waals surface area contributed by atoms with Crippen molar-refractivity contribution in [3.05, 3.63) is 59.7 Å². The number of nitrogens with one attached hydrogen (secondary N) is 1. The number of hydrogen-bond acceptors (Lipinski definition) is 4. The zero-order chi connectivity index (χ0) is 17.8. The molecule has 1 unspecified atom stereocenters. The number of carbonyl (C=O) groups excluding carboxylic acids is 1. The Morgan fingerprint density at radius 3 is 2.12 bits per heavy atom. The van der Waals surface area contributed by atoms with E-state index in [4.69, 9.17) is 14.9 Å². The third-order valence-electron chi connectivity index (χ3n) is 4.41. The molecule has 3 rings (SSSR count). The van der Waals surface area contributed by atoms with E-state index in [-0.39, 0.29) is 19.1 Å². The number of aliphatic hydroxyl groups is 1. The maximum absolute atomic E-state index is 11.9. The van der Waals surface area contributed by atoms with E-state index in [9.17, 15) is 9.59 Å². The standard InChI is InChI=1S/C19H19NO5/c21-10-12(18(22)23)9-20-19(24)25-11-17-15-7-3-1-5-13(15)14-6-2-4-8-16(14)17/h1-8,12,17,21H,9-11H2,(H,20,24)(H,22,23). The lowest BCUT2D eigenvalue weighted by Crippen LogP contribution is -2.35. The summed E-state index contributed by atoms with van der Waals surface area (Å²) < 4.78 is 5.29. The molecule has 2 aromatic carbocycles. The summed E-state index contributed by atoms with van der Waals surface area (Å²) in [6.45, 7) is -0.557. The largest absolute Gasteiger partial charge is 0.481 e. The maximum atomic E-state index is 11.9. The third-order valence-corrected chi connectivity index (χ3v) is 4.41. The monoisotopic (exact) mass is 341 g/mol. The van der Waals surface area contributed by atoms with Crippen molar-refractivity contribution in [1.82, 2.24) is 5.32 Å². The average molecular weight is 341 g/mol.